The fraction of sp³-hybridized carbons (Fsp3) is 0. The predicted octanol–water partition coefficient (Wildman–Crippen LogP) is 1.95. The summed E-state index contributed by atoms with van der Waals surface area (Å²) in [5.41, 5.74) is 0.896. The molecule has 0 aliphatic carbocycles. The van der Waals surface area contributed by atoms with Crippen LogP contribution in [0.25, 0.3) is 11.1 Å². The molecule has 0 bridgehead atoms. The lowest BCUT2D eigenvalue weighted by Crippen LogP contribution is -2.02. The number of nitrogens with one attached hydrogen (secondary N) is 1. The molecule has 0 amide bonds. The lowest BCUT2D eigenvalue weighted by molar-refractivity contribution is -0.384. The molecule has 16 heavy (non-hydrogen) atoms. The maximum atomic E-state index is 10.9. The lowest BCUT2D eigenvalue weighted by Gasteiger charge is -2.01. The number of aromatic nitrogens is 1. The van der Waals surface area contributed by atoms with E-state index in [4.69, 9.17) is 0 Å². The molecule has 5 heteroatoms. The number of aromatic amines is 1. The molecule has 0 saturated heterocycles. The molecular formula is C11H8N2O3. The highest BCUT2D eigenvalue weighted by Crippen LogP contribution is 2.27. The summed E-state index contributed by atoms with van der Waals surface area (Å²) in [4.78, 5) is 23.7. The molecule has 1 heterocycles. The molecule has 0 unspecified atom stereocenters. The number of nitro benzene ring substituents is 1. The smallest absolute Gasteiger partial charge is 0.277 e. The summed E-state index contributed by atoms with van der Waals surface area (Å²) in [5.74, 6) is 0. The van der Waals surface area contributed by atoms with Crippen LogP contribution in [0.4, 0.5) is 5.69 Å². The normalized spacial score (nSPS) is 10.0. The molecule has 1 aromatic heterocycles. The van der Waals surface area contributed by atoms with Gasteiger partial charge < -0.3 is 4.98 Å². The number of rotatable bonds is 2. The molecule has 0 aliphatic heterocycles. The highest BCUT2D eigenvalue weighted by molar-refractivity contribution is 5.72. The fourth-order valence-corrected chi connectivity index (χ4v) is 1.46. The standard InChI is InChI=1S/C11H8N2O3/c14-11-6-5-8(7-12-11)9-3-1-2-4-10(9)13(15)16/h1-7H,(H,12,14). The molecule has 1 N–H and O–H groups in total. The molecule has 0 spiro atoms. The van der Waals surface area contributed by atoms with Gasteiger partial charge in [-0.25, -0.2) is 0 Å². The van der Waals surface area contributed by atoms with Crippen molar-refractivity contribution in [3.8, 4) is 11.1 Å². The maximum absolute atomic E-state index is 10.9. The number of hydrogen-bond donors (Lipinski definition) is 1. The summed E-state index contributed by atoms with van der Waals surface area (Å²) >= 11 is 0. The molecule has 2 rings (SSSR count). The minimum atomic E-state index is -0.444. The van der Waals surface area contributed by atoms with Crippen LogP contribution in [0.3, 0.4) is 0 Å². The van der Waals surface area contributed by atoms with E-state index in [9.17, 15) is 14.9 Å². The maximum Gasteiger partial charge on any atom is 0.277 e. The van der Waals surface area contributed by atoms with Gasteiger partial charge in [-0.2, -0.15) is 0 Å². The highest BCUT2D eigenvalue weighted by Gasteiger charge is 2.13. The molecule has 0 saturated carbocycles. The number of hydrogen-bond acceptors (Lipinski definition) is 3. The van der Waals surface area contributed by atoms with Gasteiger partial charge in [0, 0.05) is 23.9 Å². The summed E-state index contributed by atoms with van der Waals surface area (Å²) in [5, 5.41) is 10.8. The molecule has 0 aliphatic rings. The Morgan fingerprint density at radius 3 is 2.50 bits per heavy atom. The summed E-state index contributed by atoms with van der Waals surface area (Å²) in [6.07, 6.45) is 1.46. The average molecular weight is 216 g/mol. The zero-order valence-electron chi connectivity index (χ0n) is 8.21. The number of nitro groups is 1. The Balaban J connectivity index is 2.59. The third kappa shape index (κ3) is 1.83. The quantitative estimate of drug-likeness (QED) is 0.615. The number of para-hydroxylation sites is 1. The second-order valence-electron chi connectivity index (χ2n) is 3.22. The van der Waals surface area contributed by atoms with Crippen LogP contribution in [0.5, 0.6) is 0 Å². The molecule has 80 valence electrons. The zero-order chi connectivity index (χ0) is 11.5. The van der Waals surface area contributed by atoms with E-state index in [1.54, 1.807) is 24.3 Å². The van der Waals surface area contributed by atoms with Gasteiger partial charge in [0.05, 0.1) is 10.5 Å². The third-order valence-corrected chi connectivity index (χ3v) is 2.20. The fourth-order valence-electron chi connectivity index (χ4n) is 1.46. The summed E-state index contributed by atoms with van der Waals surface area (Å²) in [6.45, 7) is 0. The van der Waals surface area contributed by atoms with Gasteiger partial charge >= 0.3 is 0 Å². The second kappa shape index (κ2) is 3.98. The van der Waals surface area contributed by atoms with Crippen molar-refractivity contribution in [2.45, 2.75) is 0 Å². The van der Waals surface area contributed by atoms with Gasteiger partial charge in [-0.1, -0.05) is 12.1 Å². The van der Waals surface area contributed by atoms with Crippen LogP contribution in [0.2, 0.25) is 0 Å². The van der Waals surface area contributed by atoms with Crippen LogP contribution >= 0.6 is 0 Å². The van der Waals surface area contributed by atoms with Crippen LogP contribution in [0.15, 0.2) is 47.4 Å². The van der Waals surface area contributed by atoms with E-state index in [1.807, 2.05) is 0 Å². The Morgan fingerprint density at radius 2 is 1.88 bits per heavy atom. The van der Waals surface area contributed by atoms with Crippen molar-refractivity contribution >= 4 is 5.69 Å². The SMILES string of the molecule is O=c1ccc(-c2ccccc2[N+](=O)[O-])c[nH]1. The van der Waals surface area contributed by atoms with Gasteiger partial charge in [0.25, 0.3) is 5.69 Å². The average Bonchev–Trinajstić information content (AvgIpc) is 2.30. The first-order chi connectivity index (χ1) is 7.68. The van der Waals surface area contributed by atoms with Crippen molar-refractivity contribution in [3.05, 3.63) is 63.1 Å². The van der Waals surface area contributed by atoms with Crippen LogP contribution < -0.4 is 5.56 Å². The van der Waals surface area contributed by atoms with Gasteiger partial charge in [0.1, 0.15) is 0 Å². The van der Waals surface area contributed by atoms with E-state index in [-0.39, 0.29) is 11.2 Å². The van der Waals surface area contributed by atoms with E-state index in [1.165, 1.54) is 18.3 Å². The molecular weight excluding hydrogens is 208 g/mol. The Morgan fingerprint density at radius 1 is 1.12 bits per heavy atom. The van der Waals surface area contributed by atoms with Gasteiger partial charge in [-0.05, 0) is 12.1 Å². The van der Waals surface area contributed by atoms with E-state index in [2.05, 4.69) is 4.98 Å². The number of pyridine rings is 1. The first-order valence-corrected chi connectivity index (χ1v) is 4.61. The Hall–Kier alpha value is -2.43. The van der Waals surface area contributed by atoms with Crippen LogP contribution in [-0.2, 0) is 0 Å². The molecule has 2 aromatic rings. The van der Waals surface area contributed by atoms with Crippen molar-refractivity contribution in [2.75, 3.05) is 0 Å². The van der Waals surface area contributed by atoms with E-state index in [0.29, 0.717) is 11.1 Å². The predicted molar refractivity (Wildman–Crippen MR) is 59.2 cm³/mol. The van der Waals surface area contributed by atoms with Gasteiger partial charge in [-0.3, -0.25) is 14.9 Å². The van der Waals surface area contributed by atoms with Gasteiger partial charge in [0.15, 0.2) is 0 Å². The first kappa shape index (κ1) is 10.1. The lowest BCUT2D eigenvalue weighted by atomic mass is 10.1. The van der Waals surface area contributed by atoms with Gasteiger partial charge in [0.2, 0.25) is 5.56 Å². The van der Waals surface area contributed by atoms with Crippen molar-refractivity contribution in [3.63, 3.8) is 0 Å². The van der Waals surface area contributed by atoms with Crippen molar-refractivity contribution in [1.82, 2.24) is 4.98 Å². The first-order valence-electron chi connectivity index (χ1n) is 4.61. The zero-order valence-corrected chi connectivity index (χ0v) is 8.21. The van der Waals surface area contributed by atoms with Crippen LogP contribution in [-0.4, -0.2) is 9.91 Å². The molecule has 0 atom stereocenters. The number of H-pyrrole nitrogens is 1. The van der Waals surface area contributed by atoms with Crippen molar-refractivity contribution < 1.29 is 4.92 Å². The second-order valence-corrected chi connectivity index (χ2v) is 3.22. The Labute approximate surface area is 90.5 Å². The molecule has 0 radical (unpaired) electrons. The number of benzene rings is 1. The summed E-state index contributed by atoms with van der Waals surface area (Å²) in [6, 6.07) is 9.29. The summed E-state index contributed by atoms with van der Waals surface area (Å²) in [7, 11) is 0. The van der Waals surface area contributed by atoms with Crippen molar-refractivity contribution in [1.29, 1.82) is 0 Å². The van der Waals surface area contributed by atoms with Crippen molar-refractivity contribution in [2.24, 2.45) is 0 Å². The summed E-state index contributed by atoms with van der Waals surface area (Å²) < 4.78 is 0. The minimum Gasteiger partial charge on any atom is -0.328 e. The minimum absolute atomic E-state index is 0.0227. The van der Waals surface area contributed by atoms with Crippen LogP contribution in [0, 0.1) is 10.1 Å². The third-order valence-electron chi connectivity index (χ3n) is 2.20. The van der Waals surface area contributed by atoms with Crippen LogP contribution in [0.1, 0.15) is 0 Å². The largest absolute Gasteiger partial charge is 0.328 e. The van der Waals surface area contributed by atoms with E-state index < -0.39 is 4.92 Å². The van der Waals surface area contributed by atoms with E-state index >= 15 is 0 Å². The topological polar surface area (TPSA) is 76.0 Å². The Kier molecular flexibility index (Phi) is 2.51. The molecule has 0 fully saturated rings. The number of nitrogens with zero attached hydrogens (tertiary/aromatic N) is 1. The van der Waals surface area contributed by atoms with E-state index in [0.717, 1.165) is 0 Å². The monoisotopic (exact) mass is 216 g/mol. The highest BCUT2D eigenvalue weighted by atomic mass is 16.6. The molecule has 1 aromatic carbocycles. The van der Waals surface area contributed by atoms with Gasteiger partial charge in [-0.15, -0.1) is 0 Å². The molecule has 5 nitrogen and oxygen atoms in total. The Bertz CT molecular complexity index is 569.